The maximum Gasteiger partial charge on any atom is 0.147 e. The van der Waals surface area contributed by atoms with Gasteiger partial charge in [-0.25, -0.2) is 9.97 Å². The summed E-state index contributed by atoms with van der Waals surface area (Å²) in [6.45, 7) is 0. The molecular weight excluding hydrogens is 629 g/mol. The third-order valence-electron chi connectivity index (χ3n) is 11.0. The zero-order chi connectivity index (χ0) is 33.2. The number of hydrogen-bond acceptors (Lipinski definition) is 5. The number of fused-ring (bicyclic) bond motifs is 6. The molecule has 0 unspecified atom stereocenters. The lowest BCUT2D eigenvalue weighted by Gasteiger charge is -2.21. The lowest BCUT2D eigenvalue weighted by Crippen LogP contribution is -2.08. The molecule has 0 spiro atoms. The molecule has 4 aromatic carbocycles. The van der Waals surface area contributed by atoms with E-state index in [0.29, 0.717) is 11.5 Å². The van der Waals surface area contributed by atoms with Gasteiger partial charge < -0.3 is 4.74 Å². The van der Waals surface area contributed by atoms with E-state index in [2.05, 4.69) is 106 Å². The summed E-state index contributed by atoms with van der Waals surface area (Å²) in [5, 5.41) is 4.23. The van der Waals surface area contributed by atoms with Crippen LogP contribution in [0.1, 0.15) is 22.5 Å². The zero-order valence-corrected chi connectivity index (χ0v) is 27.5. The first-order valence-electron chi connectivity index (χ1n) is 17.5. The Morgan fingerprint density at radius 2 is 0.941 bits per heavy atom. The topological polar surface area (TPSA) is 69.6 Å². The number of hydrogen-bond donors (Lipinski definition) is 0. The van der Waals surface area contributed by atoms with Crippen molar-refractivity contribution >= 4 is 54.9 Å². The summed E-state index contributed by atoms with van der Waals surface area (Å²) in [5.41, 5.74) is 15.9. The van der Waals surface area contributed by atoms with Crippen LogP contribution in [0.15, 0.2) is 122 Å². The molecule has 0 radical (unpaired) electrons. The van der Waals surface area contributed by atoms with Crippen LogP contribution in [-0.4, -0.2) is 28.7 Å². The first-order chi connectivity index (χ1) is 25.3. The largest absolute Gasteiger partial charge is 0.454 e. The van der Waals surface area contributed by atoms with Gasteiger partial charge in [0.05, 0.1) is 34.5 Å². The number of benzene rings is 4. The molecule has 240 valence electrons. The molecular formula is C44H28N6O. The minimum atomic E-state index is 0.637. The minimum Gasteiger partial charge on any atom is -0.454 e. The number of rotatable bonds is 4. The first kappa shape index (κ1) is 27.2. The number of pyridine rings is 4. The molecule has 10 aromatic rings. The molecule has 7 heteroatoms. The van der Waals surface area contributed by atoms with Gasteiger partial charge in [-0.15, -0.1) is 0 Å². The predicted octanol–water partition coefficient (Wildman–Crippen LogP) is 9.71. The highest BCUT2D eigenvalue weighted by atomic mass is 16.5. The molecule has 51 heavy (non-hydrogen) atoms. The predicted molar refractivity (Wildman–Crippen MR) is 202 cm³/mol. The van der Waals surface area contributed by atoms with Crippen molar-refractivity contribution in [1.29, 1.82) is 0 Å². The third kappa shape index (κ3) is 3.72. The second-order valence-corrected chi connectivity index (χ2v) is 13.8. The minimum absolute atomic E-state index is 0.637. The Kier molecular flexibility index (Phi) is 5.33. The van der Waals surface area contributed by atoms with Gasteiger partial charge in [-0.2, -0.15) is 0 Å². The van der Waals surface area contributed by atoms with Crippen LogP contribution in [0.25, 0.3) is 77.2 Å². The van der Waals surface area contributed by atoms with Crippen LogP contribution in [0.3, 0.4) is 0 Å². The number of aromatic nitrogens is 6. The van der Waals surface area contributed by atoms with Crippen LogP contribution in [0.2, 0.25) is 0 Å². The average Bonchev–Trinajstić information content (AvgIpc) is 3.84. The Labute approximate surface area is 291 Å². The van der Waals surface area contributed by atoms with E-state index in [1.54, 1.807) is 0 Å². The molecule has 8 heterocycles. The molecule has 0 amide bonds. The molecule has 2 aliphatic rings. The smallest absolute Gasteiger partial charge is 0.147 e. The van der Waals surface area contributed by atoms with Crippen molar-refractivity contribution in [3.05, 3.63) is 144 Å². The van der Waals surface area contributed by atoms with Crippen molar-refractivity contribution < 1.29 is 4.74 Å². The fraction of sp³-hybridized carbons (Fsp3) is 0.0909. The van der Waals surface area contributed by atoms with Crippen LogP contribution in [0.4, 0.5) is 0 Å². The van der Waals surface area contributed by atoms with E-state index in [1.807, 2.05) is 24.8 Å². The van der Waals surface area contributed by atoms with Crippen LogP contribution < -0.4 is 4.74 Å². The van der Waals surface area contributed by atoms with Gasteiger partial charge in [0.2, 0.25) is 0 Å². The summed E-state index contributed by atoms with van der Waals surface area (Å²) in [4.78, 5) is 20.1. The Balaban J connectivity index is 1.07. The molecule has 0 bridgehead atoms. The number of ether oxygens (including phenoxy) is 1. The summed E-state index contributed by atoms with van der Waals surface area (Å²) in [6, 6.07) is 34.4. The maximum absolute atomic E-state index is 6.64. The van der Waals surface area contributed by atoms with E-state index in [0.717, 1.165) is 69.6 Å². The van der Waals surface area contributed by atoms with E-state index in [4.69, 9.17) is 24.7 Å². The van der Waals surface area contributed by atoms with E-state index in [1.165, 1.54) is 55.8 Å². The maximum atomic E-state index is 6.64. The van der Waals surface area contributed by atoms with E-state index in [9.17, 15) is 0 Å². The molecule has 0 fully saturated rings. The van der Waals surface area contributed by atoms with Crippen molar-refractivity contribution in [2.24, 2.45) is 0 Å². The van der Waals surface area contributed by atoms with Gasteiger partial charge in [0.15, 0.2) is 0 Å². The van der Waals surface area contributed by atoms with Crippen molar-refractivity contribution in [3.8, 4) is 33.8 Å². The molecule has 2 aliphatic heterocycles. The van der Waals surface area contributed by atoms with Crippen LogP contribution in [-0.2, 0) is 25.7 Å². The standard InChI is InChI=1S/C44H28N6O/c1-3-7-25(8-4-1)33-17-13-27-11-15-29-21-47-43-35-19-31(23-45-39(35)37(33)41(27)49(29)43)51-32-20-36-40(46-24-32)38-34(26-9-5-2-6-10-26)18-14-28-12-16-30-22-48-44(36)50(30)42(28)38/h1-10,13-14,17-24H,11-12,15-16H2. The summed E-state index contributed by atoms with van der Waals surface area (Å²) >= 11 is 0. The summed E-state index contributed by atoms with van der Waals surface area (Å²) < 4.78 is 11.3. The second kappa shape index (κ2) is 9.98. The van der Waals surface area contributed by atoms with Crippen LogP contribution in [0, 0.1) is 0 Å². The molecule has 7 nitrogen and oxygen atoms in total. The molecule has 0 atom stereocenters. The zero-order valence-electron chi connectivity index (χ0n) is 27.5. The molecule has 0 N–H and O–H groups in total. The average molecular weight is 657 g/mol. The number of nitrogens with zero attached hydrogens (tertiary/aromatic N) is 6. The van der Waals surface area contributed by atoms with E-state index >= 15 is 0 Å². The molecule has 6 aromatic heterocycles. The SMILES string of the molecule is c1ccc(-c2ccc3c4c2c2ncc(Oc5cnc6c(c5)c5ncc7n5c5c(ccc(-c8ccccc8)c65)CC7)cc2c2ncc(n24)CC3)cc1. The van der Waals surface area contributed by atoms with Gasteiger partial charge in [-0.05, 0) is 71.2 Å². The quantitative estimate of drug-likeness (QED) is 0.177. The molecule has 12 rings (SSSR count). The fourth-order valence-electron chi connectivity index (χ4n) is 8.79. The summed E-state index contributed by atoms with van der Waals surface area (Å²) in [6.07, 6.45) is 11.6. The van der Waals surface area contributed by atoms with Gasteiger partial charge in [-0.3, -0.25) is 18.8 Å². The van der Waals surface area contributed by atoms with Gasteiger partial charge in [0.25, 0.3) is 0 Å². The highest BCUT2D eigenvalue weighted by Gasteiger charge is 2.25. The normalized spacial score (nSPS) is 13.6. The Morgan fingerprint density at radius 1 is 0.471 bits per heavy atom. The van der Waals surface area contributed by atoms with Gasteiger partial charge in [-0.1, -0.05) is 84.9 Å². The lowest BCUT2D eigenvalue weighted by atomic mass is 9.92. The van der Waals surface area contributed by atoms with Gasteiger partial charge in [0, 0.05) is 45.3 Å². The van der Waals surface area contributed by atoms with Crippen molar-refractivity contribution in [1.82, 2.24) is 28.7 Å². The number of imidazole rings is 2. The Hall–Kier alpha value is -6.60. The third-order valence-corrected chi connectivity index (χ3v) is 11.0. The molecule has 0 aliphatic carbocycles. The van der Waals surface area contributed by atoms with Crippen molar-refractivity contribution in [2.75, 3.05) is 0 Å². The first-order valence-corrected chi connectivity index (χ1v) is 17.5. The highest BCUT2D eigenvalue weighted by Crippen LogP contribution is 2.43. The summed E-state index contributed by atoms with van der Waals surface area (Å²) in [5.74, 6) is 1.27. The van der Waals surface area contributed by atoms with Crippen molar-refractivity contribution in [2.45, 2.75) is 25.7 Å². The Morgan fingerprint density at radius 3 is 1.41 bits per heavy atom. The monoisotopic (exact) mass is 656 g/mol. The summed E-state index contributed by atoms with van der Waals surface area (Å²) in [7, 11) is 0. The van der Waals surface area contributed by atoms with E-state index in [-0.39, 0.29) is 0 Å². The number of aryl methyl sites for hydroxylation is 4. The van der Waals surface area contributed by atoms with Gasteiger partial charge >= 0.3 is 0 Å². The highest BCUT2D eigenvalue weighted by molar-refractivity contribution is 6.18. The molecule has 0 saturated carbocycles. The van der Waals surface area contributed by atoms with Gasteiger partial charge in [0.1, 0.15) is 22.8 Å². The van der Waals surface area contributed by atoms with Crippen LogP contribution in [0.5, 0.6) is 11.5 Å². The fourth-order valence-corrected chi connectivity index (χ4v) is 8.79. The molecule has 0 saturated heterocycles. The van der Waals surface area contributed by atoms with E-state index < -0.39 is 0 Å². The lowest BCUT2D eigenvalue weighted by molar-refractivity contribution is 0.480. The Bertz CT molecular complexity index is 2900. The van der Waals surface area contributed by atoms with Crippen LogP contribution >= 0.6 is 0 Å². The second-order valence-electron chi connectivity index (χ2n) is 13.8. The van der Waals surface area contributed by atoms with Crippen molar-refractivity contribution in [3.63, 3.8) is 0 Å².